The Morgan fingerprint density at radius 2 is 1.60 bits per heavy atom. The number of aryl methyl sites for hydroxylation is 2. The maximum absolute atomic E-state index is 15.5. The largest absolute Gasteiger partial charge is 0.340 e. The molecule has 244 valence electrons. The second-order valence-electron chi connectivity index (χ2n) is 13.3. The molecule has 4 rings (SSSR count). The zero-order valence-electron chi connectivity index (χ0n) is 28.5. The molecule has 3 aromatic rings. The minimum atomic E-state index is -1.12. The first-order chi connectivity index (χ1) is 21.2. The van der Waals surface area contributed by atoms with Gasteiger partial charge in [-0.3, -0.25) is 0 Å². The number of halogens is 3. The quantitative estimate of drug-likeness (QED) is 0.124. The van der Waals surface area contributed by atoms with E-state index in [9.17, 15) is 4.39 Å². The van der Waals surface area contributed by atoms with Crippen LogP contribution in [0.25, 0.3) is 0 Å². The van der Waals surface area contributed by atoms with Gasteiger partial charge in [0.1, 0.15) is 5.82 Å². The topological polar surface area (TPSA) is 6.48 Å². The van der Waals surface area contributed by atoms with Crippen LogP contribution in [0.2, 0.25) is 0 Å². The molecule has 2 nitrogen and oxygen atoms in total. The molecule has 0 amide bonds. The number of anilines is 1. The highest BCUT2D eigenvalue weighted by Crippen LogP contribution is 2.40. The van der Waals surface area contributed by atoms with Crippen LogP contribution in [0.3, 0.4) is 0 Å². The standard InChI is InChI=1S/C37H47F3N2S.C2H4/c1-10-29-18-23(2)15-17-32(29)41(22-28-12-11-13-30(20-28)37(7,8)9)25(4)21-42(31-16-14-24(3)19-31)43-36-34(39)27(6)26(5)33(38)35(36)40;1-2/h11-13,15,17-18,20,24,31H,4,10,14,16,19,21-22H2,1-3,5-9H3;1-2H2. The van der Waals surface area contributed by atoms with Crippen LogP contribution >= 0.6 is 11.9 Å². The highest BCUT2D eigenvalue weighted by atomic mass is 32.2. The van der Waals surface area contributed by atoms with Crippen LogP contribution in [0, 0.1) is 44.1 Å². The second-order valence-corrected chi connectivity index (χ2v) is 14.4. The molecule has 2 atom stereocenters. The predicted molar refractivity (Wildman–Crippen MR) is 187 cm³/mol. The van der Waals surface area contributed by atoms with Gasteiger partial charge in [-0.15, -0.1) is 13.2 Å². The maximum Gasteiger partial charge on any atom is 0.176 e. The van der Waals surface area contributed by atoms with E-state index in [-0.39, 0.29) is 27.5 Å². The molecule has 1 saturated carbocycles. The summed E-state index contributed by atoms with van der Waals surface area (Å²) in [5.74, 6) is -2.28. The van der Waals surface area contributed by atoms with Gasteiger partial charge in [-0.2, -0.15) is 0 Å². The van der Waals surface area contributed by atoms with Crippen molar-refractivity contribution in [2.75, 3.05) is 11.4 Å². The highest BCUT2D eigenvalue weighted by Gasteiger charge is 2.32. The van der Waals surface area contributed by atoms with E-state index in [0.717, 1.165) is 49.0 Å². The van der Waals surface area contributed by atoms with Gasteiger partial charge in [0, 0.05) is 30.5 Å². The lowest BCUT2D eigenvalue weighted by atomic mass is 9.86. The minimum absolute atomic E-state index is 0.0124. The summed E-state index contributed by atoms with van der Waals surface area (Å²) in [6, 6.07) is 15.3. The number of rotatable bonds is 10. The van der Waals surface area contributed by atoms with E-state index >= 15 is 8.78 Å². The summed E-state index contributed by atoms with van der Waals surface area (Å²) in [6.07, 6.45) is 3.73. The molecule has 0 heterocycles. The highest BCUT2D eigenvalue weighted by molar-refractivity contribution is 7.97. The van der Waals surface area contributed by atoms with Gasteiger partial charge < -0.3 is 4.90 Å². The molecule has 1 aliphatic carbocycles. The third-order valence-corrected chi connectivity index (χ3v) is 10.1. The third-order valence-electron chi connectivity index (χ3n) is 8.86. The molecular weight excluding hydrogens is 586 g/mol. The summed E-state index contributed by atoms with van der Waals surface area (Å²) in [5.41, 5.74) is 6.92. The number of hydrogen-bond donors (Lipinski definition) is 0. The molecule has 6 heteroatoms. The summed E-state index contributed by atoms with van der Waals surface area (Å²) in [7, 11) is 0. The van der Waals surface area contributed by atoms with Crippen LogP contribution in [0.5, 0.6) is 0 Å². The van der Waals surface area contributed by atoms with Crippen LogP contribution < -0.4 is 4.90 Å². The first-order valence-electron chi connectivity index (χ1n) is 15.9. The van der Waals surface area contributed by atoms with E-state index in [4.69, 9.17) is 0 Å². The van der Waals surface area contributed by atoms with Gasteiger partial charge in [-0.25, -0.2) is 17.5 Å². The first-order valence-corrected chi connectivity index (χ1v) is 16.7. The molecular formula is C39H51F3N2S. The summed E-state index contributed by atoms with van der Waals surface area (Å²) in [5, 5.41) is 0. The van der Waals surface area contributed by atoms with Crippen molar-refractivity contribution >= 4 is 17.6 Å². The Kier molecular flexibility index (Phi) is 12.6. The Morgan fingerprint density at radius 3 is 2.20 bits per heavy atom. The van der Waals surface area contributed by atoms with Crippen molar-refractivity contribution in [1.29, 1.82) is 0 Å². The van der Waals surface area contributed by atoms with Crippen molar-refractivity contribution in [2.45, 2.75) is 104 Å². The minimum Gasteiger partial charge on any atom is -0.340 e. The van der Waals surface area contributed by atoms with Gasteiger partial charge in [0.25, 0.3) is 0 Å². The smallest absolute Gasteiger partial charge is 0.176 e. The molecule has 0 aromatic heterocycles. The molecule has 3 aromatic carbocycles. The second kappa shape index (κ2) is 15.6. The van der Waals surface area contributed by atoms with Gasteiger partial charge in [0.2, 0.25) is 0 Å². The average Bonchev–Trinajstić information content (AvgIpc) is 3.46. The van der Waals surface area contributed by atoms with Crippen molar-refractivity contribution in [1.82, 2.24) is 4.31 Å². The van der Waals surface area contributed by atoms with E-state index in [0.29, 0.717) is 19.0 Å². The molecule has 0 N–H and O–H groups in total. The molecule has 1 fully saturated rings. The lowest BCUT2D eigenvalue weighted by Gasteiger charge is -2.35. The zero-order valence-corrected chi connectivity index (χ0v) is 29.3. The molecule has 0 spiro atoms. The Hall–Kier alpha value is -2.96. The Morgan fingerprint density at radius 1 is 0.933 bits per heavy atom. The summed E-state index contributed by atoms with van der Waals surface area (Å²) in [4.78, 5) is 1.97. The van der Waals surface area contributed by atoms with Crippen LogP contribution in [0.4, 0.5) is 18.9 Å². The summed E-state index contributed by atoms with van der Waals surface area (Å²) < 4.78 is 47.6. The average molecular weight is 637 g/mol. The van der Waals surface area contributed by atoms with E-state index in [1.807, 2.05) is 4.31 Å². The number of benzene rings is 3. The van der Waals surface area contributed by atoms with Crippen molar-refractivity contribution in [3.05, 3.63) is 119 Å². The predicted octanol–water partition coefficient (Wildman–Crippen LogP) is 11.4. The third kappa shape index (κ3) is 8.65. The van der Waals surface area contributed by atoms with Crippen molar-refractivity contribution < 1.29 is 13.2 Å². The van der Waals surface area contributed by atoms with E-state index < -0.39 is 17.5 Å². The molecule has 0 aliphatic heterocycles. The fourth-order valence-electron chi connectivity index (χ4n) is 5.94. The molecule has 1 aliphatic rings. The van der Waals surface area contributed by atoms with Crippen LogP contribution in [-0.4, -0.2) is 16.9 Å². The van der Waals surface area contributed by atoms with Gasteiger partial charge >= 0.3 is 0 Å². The molecule has 2 unspecified atom stereocenters. The monoisotopic (exact) mass is 636 g/mol. The van der Waals surface area contributed by atoms with E-state index in [1.165, 1.54) is 36.1 Å². The van der Waals surface area contributed by atoms with Crippen LogP contribution in [0.1, 0.15) is 87.3 Å². The van der Waals surface area contributed by atoms with Crippen molar-refractivity contribution in [3.63, 3.8) is 0 Å². The molecule has 45 heavy (non-hydrogen) atoms. The fourth-order valence-corrected chi connectivity index (χ4v) is 7.14. The van der Waals surface area contributed by atoms with Crippen molar-refractivity contribution in [2.24, 2.45) is 5.92 Å². The van der Waals surface area contributed by atoms with Crippen LogP contribution in [0.15, 0.2) is 72.8 Å². The lowest BCUT2D eigenvalue weighted by molar-refractivity contribution is 0.364. The van der Waals surface area contributed by atoms with Crippen LogP contribution in [-0.2, 0) is 18.4 Å². The van der Waals surface area contributed by atoms with Crippen molar-refractivity contribution in [3.8, 4) is 0 Å². The number of hydrogen-bond acceptors (Lipinski definition) is 3. The first kappa shape index (κ1) is 36.5. The zero-order chi connectivity index (χ0) is 33.6. The normalized spacial score (nSPS) is 16.4. The Balaban J connectivity index is 0.00000271. The van der Waals surface area contributed by atoms with E-state index in [2.05, 4.69) is 109 Å². The fraction of sp³-hybridized carbons (Fsp3) is 0.436. The van der Waals surface area contributed by atoms with Gasteiger partial charge in [0.05, 0.1) is 4.90 Å². The van der Waals surface area contributed by atoms with Gasteiger partial charge in [0.15, 0.2) is 11.6 Å². The Labute approximate surface area is 274 Å². The molecule has 0 saturated heterocycles. The summed E-state index contributed by atoms with van der Waals surface area (Å²) in [6.45, 7) is 27.6. The summed E-state index contributed by atoms with van der Waals surface area (Å²) >= 11 is 1.000. The van der Waals surface area contributed by atoms with Gasteiger partial charge in [-0.05, 0) is 104 Å². The number of nitrogens with zero attached hydrogens (tertiary/aromatic N) is 2. The van der Waals surface area contributed by atoms with E-state index in [1.54, 1.807) is 0 Å². The molecule has 0 radical (unpaired) electrons. The lowest BCUT2D eigenvalue weighted by Crippen LogP contribution is -2.35. The Bertz CT molecular complexity index is 1460. The molecule has 0 bridgehead atoms. The van der Waals surface area contributed by atoms with Gasteiger partial charge in [-0.1, -0.05) is 83.2 Å². The maximum atomic E-state index is 15.5. The SMILES string of the molecule is C=C.C=C(CN(Sc1c(F)c(C)c(C)c(F)c1F)C1CCC(C)C1)N(Cc1cccc(C(C)(C)C)c1)c1ccc(C)cc1CC.